The van der Waals surface area contributed by atoms with Gasteiger partial charge >= 0.3 is 5.97 Å². The third-order valence-corrected chi connectivity index (χ3v) is 5.36. The zero-order valence-electron chi connectivity index (χ0n) is 19.2. The number of rotatable bonds is 8. The fourth-order valence-electron chi connectivity index (χ4n) is 3.80. The Hall–Kier alpha value is -4.70. The molecule has 1 atom stereocenters. The molecule has 1 heterocycles. The van der Waals surface area contributed by atoms with Crippen molar-refractivity contribution in [2.24, 2.45) is 5.73 Å². The molecule has 0 amide bonds. The number of benzene rings is 3. The molecule has 3 aromatic carbocycles. The topological polar surface area (TPSA) is 104 Å². The van der Waals surface area contributed by atoms with Gasteiger partial charge in [-0.1, -0.05) is 36.9 Å². The van der Waals surface area contributed by atoms with Crippen LogP contribution in [0.25, 0.3) is 0 Å². The van der Waals surface area contributed by atoms with Crippen molar-refractivity contribution in [3.63, 3.8) is 0 Å². The van der Waals surface area contributed by atoms with Crippen LogP contribution in [0.15, 0.2) is 90.8 Å². The summed E-state index contributed by atoms with van der Waals surface area (Å²) in [5.74, 6) is 1.00. The summed E-state index contributed by atoms with van der Waals surface area (Å²) in [6.45, 7) is 6.40. The van der Waals surface area contributed by atoms with Crippen LogP contribution in [0, 0.1) is 11.3 Å². The van der Waals surface area contributed by atoms with Crippen LogP contribution in [0.5, 0.6) is 23.0 Å². The van der Waals surface area contributed by atoms with Crippen LogP contribution in [-0.2, 0) is 0 Å². The molecule has 2 N–H and O–H groups in total. The highest BCUT2D eigenvalue weighted by atomic mass is 16.5. The Morgan fingerprint density at radius 3 is 2.57 bits per heavy atom. The lowest BCUT2D eigenvalue weighted by Gasteiger charge is -2.26. The van der Waals surface area contributed by atoms with Crippen LogP contribution in [0.2, 0.25) is 0 Å². The molecular weight excluding hydrogens is 444 g/mol. The van der Waals surface area contributed by atoms with Crippen LogP contribution in [0.3, 0.4) is 0 Å². The quantitative estimate of drug-likeness (QED) is 0.279. The first-order chi connectivity index (χ1) is 17.0. The molecule has 0 bridgehead atoms. The number of nitriles is 1. The SMILES string of the molecule is C=CCOc1ccc(C2C(C#N)=C(N)Oc3cc(OC(=O)c4cccc(OCC)c4)ccc32)cc1. The van der Waals surface area contributed by atoms with E-state index in [1.54, 1.807) is 48.5 Å². The number of allylic oxidation sites excluding steroid dienone is 1. The second-order valence-corrected chi connectivity index (χ2v) is 7.64. The molecule has 1 unspecified atom stereocenters. The number of nitrogens with two attached hydrogens (primary N) is 1. The van der Waals surface area contributed by atoms with Gasteiger partial charge in [0.15, 0.2) is 0 Å². The Morgan fingerprint density at radius 1 is 1.09 bits per heavy atom. The maximum absolute atomic E-state index is 12.7. The predicted octanol–water partition coefficient (Wildman–Crippen LogP) is 5.09. The highest BCUT2D eigenvalue weighted by Crippen LogP contribution is 2.43. The zero-order chi connectivity index (χ0) is 24.8. The lowest BCUT2D eigenvalue weighted by molar-refractivity contribution is 0.0734. The number of fused-ring (bicyclic) bond motifs is 1. The Balaban J connectivity index is 1.61. The Labute approximate surface area is 203 Å². The van der Waals surface area contributed by atoms with Crippen molar-refractivity contribution < 1.29 is 23.7 Å². The van der Waals surface area contributed by atoms with Gasteiger partial charge in [-0.2, -0.15) is 5.26 Å². The number of carbonyl (C=O) groups excluding carboxylic acids is 1. The maximum Gasteiger partial charge on any atom is 0.343 e. The van der Waals surface area contributed by atoms with Gasteiger partial charge < -0.3 is 24.7 Å². The molecular formula is C28H24N2O5. The summed E-state index contributed by atoms with van der Waals surface area (Å²) in [6, 6.07) is 21.4. The van der Waals surface area contributed by atoms with Gasteiger partial charge in [-0.25, -0.2) is 4.79 Å². The van der Waals surface area contributed by atoms with E-state index in [-0.39, 0.29) is 11.6 Å². The molecule has 176 valence electrons. The summed E-state index contributed by atoms with van der Waals surface area (Å²) in [4.78, 5) is 12.7. The van der Waals surface area contributed by atoms with Crippen molar-refractivity contribution in [1.29, 1.82) is 5.26 Å². The molecule has 1 aliphatic rings. The van der Waals surface area contributed by atoms with E-state index in [9.17, 15) is 10.1 Å². The summed E-state index contributed by atoms with van der Waals surface area (Å²) in [7, 11) is 0. The van der Waals surface area contributed by atoms with Gasteiger partial charge in [-0.3, -0.25) is 0 Å². The van der Waals surface area contributed by atoms with Gasteiger partial charge in [-0.05, 0) is 48.9 Å². The number of hydrogen-bond donors (Lipinski definition) is 1. The smallest absolute Gasteiger partial charge is 0.343 e. The van der Waals surface area contributed by atoms with Gasteiger partial charge in [0.2, 0.25) is 5.88 Å². The van der Waals surface area contributed by atoms with Gasteiger partial charge in [0.1, 0.15) is 41.2 Å². The second kappa shape index (κ2) is 10.5. The molecule has 0 spiro atoms. The Bertz CT molecular complexity index is 1320. The van der Waals surface area contributed by atoms with Crippen molar-refractivity contribution in [1.82, 2.24) is 0 Å². The standard InChI is InChI=1S/C28H24N2O5/c1-3-14-33-20-10-8-18(9-11-20)26-23-13-12-22(16-25(23)35-27(30)24(26)17-29)34-28(31)19-6-5-7-21(15-19)32-4-2/h3,5-13,15-16,26H,1,4,14,30H2,2H3. The minimum absolute atomic E-state index is 0.00451. The van der Waals surface area contributed by atoms with E-state index < -0.39 is 11.9 Å². The minimum Gasteiger partial charge on any atom is -0.494 e. The minimum atomic E-state index is -0.532. The third-order valence-electron chi connectivity index (χ3n) is 5.36. The molecule has 7 nitrogen and oxygen atoms in total. The van der Waals surface area contributed by atoms with E-state index in [1.807, 2.05) is 31.2 Å². The first-order valence-electron chi connectivity index (χ1n) is 11.0. The molecule has 1 aliphatic heterocycles. The van der Waals surface area contributed by atoms with Crippen molar-refractivity contribution in [2.45, 2.75) is 12.8 Å². The molecule has 0 radical (unpaired) electrons. The van der Waals surface area contributed by atoms with E-state index >= 15 is 0 Å². The fourth-order valence-corrected chi connectivity index (χ4v) is 3.80. The van der Waals surface area contributed by atoms with Gasteiger partial charge in [-0.15, -0.1) is 0 Å². The molecule has 35 heavy (non-hydrogen) atoms. The second-order valence-electron chi connectivity index (χ2n) is 7.64. The number of esters is 1. The van der Waals surface area contributed by atoms with Crippen molar-refractivity contribution in [2.75, 3.05) is 13.2 Å². The monoisotopic (exact) mass is 468 g/mol. The summed E-state index contributed by atoms with van der Waals surface area (Å²) in [5, 5.41) is 9.77. The summed E-state index contributed by atoms with van der Waals surface area (Å²) in [5.41, 5.74) is 8.33. The molecule has 4 rings (SSSR count). The van der Waals surface area contributed by atoms with E-state index in [1.165, 1.54) is 0 Å². The van der Waals surface area contributed by atoms with Crippen LogP contribution < -0.4 is 24.7 Å². The Morgan fingerprint density at radius 2 is 1.86 bits per heavy atom. The van der Waals surface area contributed by atoms with Gasteiger partial charge in [0.25, 0.3) is 0 Å². The molecule has 0 saturated carbocycles. The molecule has 7 heteroatoms. The van der Waals surface area contributed by atoms with Crippen LogP contribution in [0.4, 0.5) is 0 Å². The molecule has 0 fully saturated rings. The average molecular weight is 469 g/mol. The van der Waals surface area contributed by atoms with Crippen LogP contribution in [-0.4, -0.2) is 19.2 Å². The first-order valence-corrected chi connectivity index (χ1v) is 11.0. The lowest BCUT2D eigenvalue weighted by Crippen LogP contribution is -2.21. The maximum atomic E-state index is 12.7. The number of carbonyl (C=O) groups is 1. The fraction of sp³-hybridized carbons (Fsp3) is 0.143. The number of hydrogen-bond acceptors (Lipinski definition) is 7. The van der Waals surface area contributed by atoms with Gasteiger partial charge in [0, 0.05) is 11.6 Å². The predicted molar refractivity (Wildman–Crippen MR) is 130 cm³/mol. The van der Waals surface area contributed by atoms with Crippen molar-refractivity contribution in [3.8, 4) is 29.1 Å². The number of nitrogens with zero attached hydrogens (tertiary/aromatic N) is 1. The highest BCUT2D eigenvalue weighted by molar-refractivity contribution is 5.91. The highest BCUT2D eigenvalue weighted by Gasteiger charge is 2.31. The first kappa shape index (κ1) is 23.5. The average Bonchev–Trinajstić information content (AvgIpc) is 2.87. The Kier molecular flexibility index (Phi) is 7.03. The lowest BCUT2D eigenvalue weighted by atomic mass is 9.83. The largest absolute Gasteiger partial charge is 0.494 e. The van der Waals surface area contributed by atoms with Crippen LogP contribution >= 0.6 is 0 Å². The number of ether oxygens (including phenoxy) is 4. The normalized spacial score (nSPS) is 14.2. The third kappa shape index (κ3) is 5.12. The van der Waals surface area contributed by atoms with Crippen molar-refractivity contribution >= 4 is 5.97 Å². The zero-order valence-corrected chi connectivity index (χ0v) is 19.2. The summed E-state index contributed by atoms with van der Waals surface area (Å²) < 4.78 is 22.3. The van der Waals surface area contributed by atoms with Crippen molar-refractivity contribution in [3.05, 3.63) is 108 Å². The summed E-state index contributed by atoms with van der Waals surface area (Å²) >= 11 is 0. The van der Waals surface area contributed by atoms with E-state index in [0.717, 1.165) is 11.1 Å². The van der Waals surface area contributed by atoms with E-state index in [4.69, 9.17) is 24.7 Å². The summed E-state index contributed by atoms with van der Waals surface area (Å²) in [6.07, 6.45) is 1.67. The van der Waals surface area contributed by atoms with Crippen LogP contribution in [0.1, 0.15) is 34.3 Å². The molecule has 3 aromatic rings. The van der Waals surface area contributed by atoms with E-state index in [2.05, 4.69) is 12.6 Å². The molecule has 0 saturated heterocycles. The van der Waals surface area contributed by atoms with Gasteiger partial charge in [0.05, 0.1) is 18.1 Å². The molecule has 0 aromatic heterocycles. The van der Waals surface area contributed by atoms with E-state index in [0.29, 0.717) is 41.6 Å². The molecule has 0 aliphatic carbocycles.